The largest absolute Gasteiger partial charge is 0.479 e. The van der Waals surface area contributed by atoms with Gasteiger partial charge in [0.1, 0.15) is 11.9 Å². The molecule has 0 unspecified atom stereocenters. The molecule has 1 aromatic carbocycles. The lowest BCUT2D eigenvalue weighted by Gasteiger charge is -2.22. The lowest BCUT2D eigenvalue weighted by molar-refractivity contribution is -0.135. The number of benzene rings is 1. The molecule has 1 aliphatic heterocycles. The first kappa shape index (κ1) is 32.3. The minimum atomic E-state index is -0.414. The van der Waals surface area contributed by atoms with Gasteiger partial charge in [0.05, 0.1) is 29.8 Å². The number of nitrogens with zero attached hydrogens (tertiary/aromatic N) is 6. The van der Waals surface area contributed by atoms with E-state index in [0.717, 1.165) is 36.0 Å². The molecule has 1 saturated heterocycles. The van der Waals surface area contributed by atoms with Crippen LogP contribution >= 0.6 is 0 Å². The number of unbranched alkanes of at least 4 members (excludes halogenated alkanes) is 1. The molecule has 4 rings (SSSR count). The van der Waals surface area contributed by atoms with E-state index in [1.165, 1.54) is 0 Å². The number of hydrogen-bond acceptors (Lipinski definition) is 9. The zero-order valence-electron chi connectivity index (χ0n) is 26.3. The van der Waals surface area contributed by atoms with E-state index in [9.17, 15) is 9.59 Å². The Morgan fingerprint density at radius 1 is 1.25 bits per heavy atom. The maximum atomic E-state index is 12.8. The lowest BCUT2D eigenvalue weighted by Crippen LogP contribution is -2.45. The standard InChI is InChI=1S/C32H43N9O3/c1-6-17-33-29-23(22-35-32(37-29)36-24-15-16-25-27(21-24)40(4)38-31(25)44-5)12-8-7-9-18-34-30(43)26-13-10-20-41(26)28(42)14-11-19-39(2)3/h11,14-16,21-22,26H,6-7,9-10,13,17-20H2,1-5H3,(H,34,43)(H2,33,35,36,37)/b14-11+/t26-/m0/s1. The first-order chi connectivity index (χ1) is 21.3. The van der Waals surface area contributed by atoms with Crippen molar-refractivity contribution in [3.63, 3.8) is 0 Å². The minimum absolute atomic E-state index is 0.103. The van der Waals surface area contributed by atoms with Gasteiger partial charge >= 0.3 is 0 Å². The molecule has 1 atom stereocenters. The number of rotatable bonds is 13. The Morgan fingerprint density at radius 3 is 2.86 bits per heavy atom. The summed E-state index contributed by atoms with van der Waals surface area (Å²) in [6.45, 7) is 4.63. The number of ether oxygens (including phenoxy) is 1. The van der Waals surface area contributed by atoms with Crippen LogP contribution in [0.4, 0.5) is 17.5 Å². The van der Waals surface area contributed by atoms with Crippen molar-refractivity contribution >= 4 is 40.2 Å². The highest BCUT2D eigenvalue weighted by Crippen LogP contribution is 2.28. The molecule has 0 spiro atoms. The summed E-state index contributed by atoms with van der Waals surface area (Å²) in [5.41, 5.74) is 2.47. The number of aromatic nitrogens is 4. The van der Waals surface area contributed by atoms with Gasteiger partial charge < -0.3 is 30.5 Å². The molecule has 44 heavy (non-hydrogen) atoms. The topological polar surface area (TPSA) is 130 Å². The number of anilines is 3. The molecule has 1 fully saturated rings. The van der Waals surface area contributed by atoms with Gasteiger partial charge in [-0.1, -0.05) is 24.8 Å². The molecular weight excluding hydrogens is 558 g/mol. The fourth-order valence-corrected chi connectivity index (χ4v) is 4.92. The van der Waals surface area contributed by atoms with Gasteiger partial charge in [-0.15, -0.1) is 5.10 Å². The first-order valence-corrected chi connectivity index (χ1v) is 15.1. The third kappa shape index (κ3) is 8.48. The third-order valence-corrected chi connectivity index (χ3v) is 7.17. The van der Waals surface area contributed by atoms with Crippen LogP contribution in [0.5, 0.6) is 5.88 Å². The molecular formula is C32H43N9O3. The van der Waals surface area contributed by atoms with E-state index in [-0.39, 0.29) is 11.8 Å². The van der Waals surface area contributed by atoms with Crippen molar-refractivity contribution in [2.24, 2.45) is 7.05 Å². The van der Waals surface area contributed by atoms with Gasteiger partial charge in [-0.3, -0.25) is 14.3 Å². The second kappa shape index (κ2) is 15.7. The van der Waals surface area contributed by atoms with Crippen molar-refractivity contribution in [2.75, 3.05) is 58.0 Å². The Balaban J connectivity index is 1.31. The molecule has 0 saturated carbocycles. The molecule has 0 bridgehead atoms. The number of likely N-dealkylation sites (tertiary alicyclic amines) is 1. The quantitative estimate of drug-likeness (QED) is 0.154. The Bertz CT molecular complexity index is 1540. The molecule has 3 aromatic rings. The fraction of sp³-hybridized carbons (Fsp3) is 0.469. The van der Waals surface area contributed by atoms with Crippen molar-refractivity contribution in [3.05, 3.63) is 42.1 Å². The Labute approximate surface area is 259 Å². The maximum Gasteiger partial charge on any atom is 0.246 e. The Kier molecular flexibility index (Phi) is 11.5. The number of aryl methyl sites for hydroxylation is 1. The number of nitrogens with one attached hydrogen (secondary N) is 3. The number of amides is 2. The van der Waals surface area contributed by atoms with Gasteiger partial charge in [0.15, 0.2) is 0 Å². The molecule has 2 amide bonds. The van der Waals surface area contributed by atoms with Crippen molar-refractivity contribution < 1.29 is 14.3 Å². The first-order valence-electron chi connectivity index (χ1n) is 15.1. The maximum absolute atomic E-state index is 12.8. The predicted octanol–water partition coefficient (Wildman–Crippen LogP) is 3.29. The van der Waals surface area contributed by atoms with E-state index in [1.54, 1.807) is 29.0 Å². The summed E-state index contributed by atoms with van der Waals surface area (Å²) >= 11 is 0. The number of likely N-dealkylation sites (N-methyl/N-ethyl adjacent to an activating group) is 1. The van der Waals surface area contributed by atoms with E-state index in [1.807, 2.05) is 50.3 Å². The Morgan fingerprint density at radius 2 is 2.09 bits per heavy atom. The van der Waals surface area contributed by atoms with Crippen molar-refractivity contribution in [3.8, 4) is 17.7 Å². The highest BCUT2D eigenvalue weighted by molar-refractivity contribution is 5.93. The van der Waals surface area contributed by atoms with Gasteiger partial charge in [-0.25, -0.2) is 4.98 Å². The molecule has 12 heteroatoms. The van der Waals surface area contributed by atoms with Crippen LogP contribution in [-0.2, 0) is 16.6 Å². The van der Waals surface area contributed by atoms with Crippen LogP contribution < -0.4 is 20.7 Å². The highest BCUT2D eigenvalue weighted by atomic mass is 16.5. The highest BCUT2D eigenvalue weighted by Gasteiger charge is 2.32. The van der Waals surface area contributed by atoms with Crippen LogP contribution in [-0.4, -0.2) is 94.8 Å². The molecule has 0 radical (unpaired) electrons. The average molecular weight is 602 g/mol. The van der Waals surface area contributed by atoms with Crippen LogP contribution in [0.1, 0.15) is 44.6 Å². The smallest absolute Gasteiger partial charge is 0.246 e. The normalized spacial score (nSPS) is 14.6. The van der Waals surface area contributed by atoms with E-state index in [0.29, 0.717) is 62.1 Å². The van der Waals surface area contributed by atoms with Gasteiger partial charge in [0.2, 0.25) is 23.6 Å². The summed E-state index contributed by atoms with van der Waals surface area (Å²) in [6, 6.07) is 5.46. The summed E-state index contributed by atoms with van der Waals surface area (Å²) < 4.78 is 7.13. The number of methoxy groups -OCH3 is 1. The van der Waals surface area contributed by atoms with Crippen LogP contribution in [0.2, 0.25) is 0 Å². The van der Waals surface area contributed by atoms with E-state index < -0.39 is 6.04 Å². The van der Waals surface area contributed by atoms with Crippen molar-refractivity contribution in [2.45, 2.75) is 45.1 Å². The molecule has 3 N–H and O–H groups in total. The van der Waals surface area contributed by atoms with Gasteiger partial charge in [0, 0.05) is 51.4 Å². The summed E-state index contributed by atoms with van der Waals surface area (Å²) in [4.78, 5) is 38.2. The van der Waals surface area contributed by atoms with Crippen LogP contribution in [0.3, 0.4) is 0 Å². The second-order valence-corrected chi connectivity index (χ2v) is 10.9. The van der Waals surface area contributed by atoms with Crippen molar-refractivity contribution in [1.29, 1.82) is 0 Å². The summed E-state index contributed by atoms with van der Waals surface area (Å²) in [7, 11) is 7.37. The van der Waals surface area contributed by atoms with Gasteiger partial charge in [-0.2, -0.15) is 4.98 Å². The lowest BCUT2D eigenvalue weighted by atomic mass is 10.2. The SMILES string of the molecule is CCCNc1nc(Nc2ccc3c(OC)nn(C)c3c2)ncc1C#CCCCNC(=O)[C@@H]1CCCN1C(=O)/C=C/CN(C)C. The minimum Gasteiger partial charge on any atom is -0.479 e. The number of fused-ring (bicyclic) bond motifs is 1. The fourth-order valence-electron chi connectivity index (χ4n) is 4.92. The summed E-state index contributed by atoms with van der Waals surface area (Å²) in [5, 5.41) is 14.9. The van der Waals surface area contributed by atoms with Crippen LogP contribution in [0, 0.1) is 11.8 Å². The molecule has 3 heterocycles. The van der Waals surface area contributed by atoms with Crippen molar-refractivity contribution in [1.82, 2.24) is 34.9 Å². The second-order valence-electron chi connectivity index (χ2n) is 10.9. The zero-order chi connectivity index (χ0) is 31.5. The number of carbonyl (C=O) groups excluding carboxylic acids is 2. The monoisotopic (exact) mass is 601 g/mol. The van der Waals surface area contributed by atoms with E-state index in [4.69, 9.17) is 4.74 Å². The van der Waals surface area contributed by atoms with E-state index >= 15 is 0 Å². The van der Waals surface area contributed by atoms with E-state index in [2.05, 4.69) is 49.8 Å². The Hall–Kier alpha value is -4.63. The summed E-state index contributed by atoms with van der Waals surface area (Å²) in [5.74, 6) is 7.85. The van der Waals surface area contributed by atoms with Gasteiger partial charge in [0.25, 0.3) is 0 Å². The summed E-state index contributed by atoms with van der Waals surface area (Å²) in [6.07, 6.45) is 8.86. The molecule has 0 aliphatic carbocycles. The zero-order valence-corrected chi connectivity index (χ0v) is 26.3. The number of carbonyl (C=O) groups is 2. The molecule has 2 aromatic heterocycles. The molecule has 1 aliphatic rings. The molecule has 12 nitrogen and oxygen atoms in total. The average Bonchev–Trinajstić information content (AvgIpc) is 3.63. The predicted molar refractivity (Wildman–Crippen MR) is 173 cm³/mol. The number of hydrogen-bond donors (Lipinski definition) is 3. The van der Waals surface area contributed by atoms with Gasteiger partial charge in [-0.05, 0) is 58.0 Å². The van der Waals surface area contributed by atoms with Crippen LogP contribution in [0.15, 0.2) is 36.5 Å². The van der Waals surface area contributed by atoms with Crippen LogP contribution in [0.25, 0.3) is 10.9 Å². The third-order valence-electron chi connectivity index (χ3n) is 7.17. The molecule has 234 valence electrons.